The molecule has 0 unspecified atom stereocenters. The topological polar surface area (TPSA) is 81.1 Å². The maximum atomic E-state index is 11.2. The van der Waals surface area contributed by atoms with Crippen molar-refractivity contribution in [2.45, 2.75) is 6.42 Å². The summed E-state index contributed by atoms with van der Waals surface area (Å²) in [7, 11) is 0. The van der Waals surface area contributed by atoms with Crippen molar-refractivity contribution in [3.05, 3.63) is 71.1 Å². The summed E-state index contributed by atoms with van der Waals surface area (Å²) in [4.78, 5) is 17.3. The van der Waals surface area contributed by atoms with Gasteiger partial charge in [0, 0.05) is 48.9 Å². The Balaban J connectivity index is 0.00000160. The van der Waals surface area contributed by atoms with Crippen LogP contribution in [0.1, 0.15) is 10.4 Å². The largest absolute Gasteiger partial charge is 0.412 e. The zero-order valence-corrected chi connectivity index (χ0v) is 18.4. The number of hydrogen-bond acceptors (Lipinski definition) is 4. The highest BCUT2D eigenvalue weighted by Crippen LogP contribution is 2.39. The zero-order chi connectivity index (χ0) is 19.3. The number of hydrogen-bond donors (Lipinski definition) is 1. The van der Waals surface area contributed by atoms with Gasteiger partial charge in [-0.1, -0.05) is 48.5 Å². The highest BCUT2D eigenvalue weighted by atomic mass is 35.5. The average molecular weight is 446 g/mol. The number of nitrogens with zero attached hydrogens (tertiary/aromatic N) is 2. The Morgan fingerprint density at radius 1 is 1.00 bits per heavy atom. The lowest BCUT2D eigenvalue weighted by atomic mass is 10.1. The van der Waals surface area contributed by atoms with Gasteiger partial charge in [-0.2, -0.15) is 0 Å². The zero-order valence-electron chi connectivity index (χ0n) is 16.8. The summed E-state index contributed by atoms with van der Waals surface area (Å²) in [6.45, 7) is 5.18. The van der Waals surface area contributed by atoms with E-state index in [1.54, 1.807) is 11.3 Å². The second kappa shape index (κ2) is 11.1. The number of carbonyl (C=O) groups is 1. The summed E-state index contributed by atoms with van der Waals surface area (Å²) in [5.74, 6) is -0.408. The maximum absolute atomic E-state index is 11.2. The molecule has 1 aliphatic rings. The molecule has 0 radical (unpaired) electrons. The molecule has 1 aromatic heterocycles. The minimum absolute atomic E-state index is 0. The quantitative estimate of drug-likeness (QED) is 0.590. The van der Waals surface area contributed by atoms with Crippen LogP contribution in [0, 0.1) is 0 Å². The van der Waals surface area contributed by atoms with Crippen LogP contribution in [0.4, 0.5) is 5.69 Å². The number of rotatable bonds is 6. The molecule has 2 aromatic carbocycles. The fourth-order valence-electron chi connectivity index (χ4n) is 3.77. The van der Waals surface area contributed by atoms with Crippen LogP contribution < -0.4 is 10.6 Å². The molecule has 30 heavy (non-hydrogen) atoms. The van der Waals surface area contributed by atoms with Crippen molar-refractivity contribution >= 4 is 51.5 Å². The van der Waals surface area contributed by atoms with Gasteiger partial charge in [0.1, 0.15) is 0 Å². The molecule has 1 aliphatic heterocycles. The smallest absolute Gasteiger partial charge is 0.241 e. The Bertz CT molecular complexity index is 983. The summed E-state index contributed by atoms with van der Waals surface area (Å²) in [5.41, 5.74) is 7.95. The Kier molecular flexibility index (Phi) is 8.87. The van der Waals surface area contributed by atoms with Gasteiger partial charge in [0.25, 0.3) is 0 Å². The van der Waals surface area contributed by atoms with Crippen molar-refractivity contribution in [3.8, 4) is 0 Å². The number of benzene rings is 2. The molecule has 1 fully saturated rings. The molecule has 3 aromatic rings. The van der Waals surface area contributed by atoms with E-state index in [1.165, 1.54) is 27.4 Å². The molecule has 0 atom stereocenters. The van der Waals surface area contributed by atoms with Gasteiger partial charge in [0.15, 0.2) is 0 Å². The first-order chi connectivity index (χ1) is 13.7. The molecule has 4 rings (SSSR count). The van der Waals surface area contributed by atoms with Crippen molar-refractivity contribution in [1.82, 2.24) is 4.90 Å². The summed E-state index contributed by atoms with van der Waals surface area (Å²) in [6, 6.07) is 19.1. The second-order valence-corrected chi connectivity index (χ2v) is 8.19. The molecule has 0 aliphatic carbocycles. The molecule has 5 nitrogen and oxygen atoms in total. The Labute approximate surface area is 187 Å². The molecule has 4 N–H and O–H groups in total. The number of piperazine rings is 1. The molecule has 7 heteroatoms. The van der Waals surface area contributed by atoms with E-state index >= 15 is 0 Å². The molecule has 1 amide bonds. The predicted molar refractivity (Wildman–Crippen MR) is 130 cm³/mol. The van der Waals surface area contributed by atoms with E-state index in [2.05, 4.69) is 64.4 Å². The van der Waals surface area contributed by atoms with Gasteiger partial charge < -0.3 is 16.1 Å². The van der Waals surface area contributed by atoms with Crippen LogP contribution >= 0.6 is 23.7 Å². The first-order valence-corrected chi connectivity index (χ1v) is 10.5. The normalized spacial score (nSPS) is 14.5. The molecule has 160 valence electrons. The monoisotopic (exact) mass is 445 g/mol. The lowest BCUT2D eigenvalue weighted by Gasteiger charge is -2.36. The van der Waals surface area contributed by atoms with Crippen LogP contribution in [0.25, 0.3) is 16.2 Å². The lowest BCUT2D eigenvalue weighted by Crippen LogP contribution is -2.47. The molecule has 2 heterocycles. The number of halogens is 1. The van der Waals surface area contributed by atoms with Crippen LogP contribution in [0.2, 0.25) is 0 Å². The van der Waals surface area contributed by atoms with Crippen molar-refractivity contribution in [1.29, 1.82) is 0 Å². The van der Waals surface area contributed by atoms with Gasteiger partial charge in [-0.3, -0.25) is 9.69 Å². The number of primary amides is 1. The van der Waals surface area contributed by atoms with Crippen LogP contribution in [0.5, 0.6) is 0 Å². The van der Waals surface area contributed by atoms with Crippen molar-refractivity contribution in [2.75, 3.05) is 37.6 Å². The lowest BCUT2D eigenvalue weighted by molar-refractivity contribution is -0.113. The van der Waals surface area contributed by atoms with Crippen LogP contribution in [-0.2, 0) is 11.2 Å². The Hall–Kier alpha value is -2.38. The number of thiophene rings is 1. The van der Waals surface area contributed by atoms with E-state index in [1.807, 2.05) is 6.08 Å². The number of amides is 1. The molecule has 0 saturated carbocycles. The van der Waals surface area contributed by atoms with Gasteiger partial charge in [-0.25, -0.2) is 0 Å². The van der Waals surface area contributed by atoms with E-state index in [4.69, 9.17) is 5.73 Å². The van der Waals surface area contributed by atoms with E-state index in [0.29, 0.717) is 0 Å². The van der Waals surface area contributed by atoms with Crippen molar-refractivity contribution in [3.63, 3.8) is 0 Å². The van der Waals surface area contributed by atoms with E-state index in [9.17, 15) is 4.79 Å². The Morgan fingerprint density at radius 2 is 1.67 bits per heavy atom. The third-order valence-electron chi connectivity index (χ3n) is 5.24. The minimum atomic E-state index is -0.408. The molecular formula is C23H28ClN3O2S. The predicted octanol–water partition coefficient (Wildman–Crippen LogP) is 3.36. The minimum Gasteiger partial charge on any atom is -0.412 e. The fraction of sp³-hybridized carbons (Fsp3) is 0.261. The van der Waals surface area contributed by atoms with Gasteiger partial charge >= 0.3 is 0 Å². The first-order valence-electron chi connectivity index (χ1n) is 9.71. The third kappa shape index (κ3) is 5.61. The summed E-state index contributed by atoms with van der Waals surface area (Å²) in [5, 5.41) is 1.26. The highest BCUT2D eigenvalue weighted by Gasteiger charge is 2.22. The summed E-state index contributed by atoms with van der Waals surface area (Å²) < 4.78 is 1.24. The number of anilines is 1. The van der Waals surface area contributed by atoms with Gasteiger partial charge in [0.2, 0.25) is 5.91 Å². The number of carbonyl (C=O) groups excluding carboxylic acids is 1. The molecule has 1 saturated heterocycles. The molecular weight excluding hydrogens is 418 g/mol. The van der Waals surface area contributed by atoms with Crippen LogP contribution in [-0.4, -0.2) is 49.0 Å². The SMILES string of the molecule is Cl.NC(=O)C=Cc1sc2ccccc2c1N1CCN(CCc2ccccc2)CC1.O. The van der Waals surface area contributed by atoms with E-state index < -0.39 is 5.91 Å². The van der Waals surface area contributed by atoms with Gasteiger partial charge in [0.05, 0.1) is 10.6 Å². The highest BCUT2D eigenvalue weighted by molar-refractivity contribution is 7.20. The van der Waals surface area contributed by atoms with Gasteiger partial charge in [-0.15, -0.1) is 23.7 Å². The number of nitrogens with two attached hydrogens (primary N) is 1. The second-order valence-electron chi connectivity index (χ2n) is 7.11. The van der Waals surface area contributed by atoms with Crippen LogP contribution in [0.15, 0.2) is 60.7 Å². The van der Waals surface area contributed by atoms with Crippen molar-refractivity contribution < 1.29 is 10.3 Å². The van der Waals surface area contributed by atoms with Crippen molar-refractivity contribution in [2.24, 2.45) is 5.73 Å². The molecule has 0 bridgehead atoms. The number of fused-ring (bicyclic) bond motifs is 1. The fourth-order valence-corrected chi connectivity index (χ4v) is 4.90. The third-order valence-corrected chi connectivity index (χ3v) is 6.37. The maximum Gasteiger partial charge on any atom is 0.241 e. The molecule has 0 spiro atoms. The average Bonchev–Trinajstić information content (AvgIpc) is 3.10. The van der Waals surface area contributed by atoms with Gasteiger partial charge in [-0.05, 0) is 24.1 Å². The van der Waals surface area contributed by atoms with E-state index in [-0.39, 0.29) is 17.9 Å². The van der Waals surface area contributed by atoms with E-state index in [0.717, 1.165) is 44.0 Å². The first kappa shape index (κ1) is 23.9. The summed E-state index contributed by atoms with van der Waals surface area (Å²) in [6.07, 6.45) is 4.42. The Morgan fingerprint density at radius 3 is 2.37 bits per heavy atom. The van der Waals surface area contributed by atoms with Crippen LogP contribution in [0.3, 0.4) is 0 Å². The standard InChI is InChI=1S/C23H25N3OS.ClH.H2O/c24-22(27)11-10-21-23(19-8-4-5-9-20(19)28-21)26-16-14-25(15-17-26)13-12-18-6-2-1-3-7-18;;/h1-11H,12-17H2,(H2,24,27);1H;1H2. The summed E-state index contributed by atoms with van der Waals surface area (Å²) >= 11 is 1.72.